The third-order valence-electron chi connectivity index (χ3n) is 2.48. The van der Waals surface area contributed by atoms with Crippen molar-refractivity contribution in [3.8, 4) is 6.07 Å². The van der Waals surface area contributed by atoms with E-state index in [-0.39, 0.29) is 22.4 Å². The van der Waals surface area contributed by atoms with Gasteiger partial charge >= 0.3 is 0 Å². The first-order valence-electron chi connectivity index (χ1n) is 5.45. The average Bonchev–Trinajstić information content (AvgIpc) is 2.69. The minimum atomic E-state index is -0.601. The Hall–Kier alpha value is -2.88. The molecule has 0 aliphatic heterocycles. The number of aromatic amines is 1. The predicted molar refractivity (Wildman–Crippen MR) is 67.7 cm³/mol. The fourth-order valence-electron chi connectivity index (χ4n) is 1.59. The third-order valence-corrected chi connectivity index (χ3v) is 2.48. The fraction of sp³-hybridized carbons (Fsp3) is 0.167. The number of hydrogen-bond donors (Lipinski definition) is 2. The second kappa shape index (κ2) is 4.78. The Bertz CT molecular complexity index is 735. The molecule has 0 saturated carbocycles. The number of pyridine rings is 1. The first-order valence-corrected chi connectivity index (χ1v) is 5.45. The van der Waals surface area contributed by atoms with Crippen molar-refractivity contribution in [2.75, 3.05) is 5.32 Å². The summed E-state index contributed by atoms with van der Waals surface area (Å²) >= 11 is 0. The van der Waals surface area contributed by atoms with E-state index in [0.717, 1.165) is 0 Å². The molecule has 0 spiro atoms. The summed E-state index contributed by atoms with van der Waals surface area (Å²) in [7, 11) is 1.63. The topological polar surface area (TPSA) is 104 Å². The van der Waals surface area contributed by atoms with Gasteiger partial charge in [0.25, 0.3) is 5.91 Å². The molecule has 1 amide bonds. The van der Waals surface area contributed by atoms with E-state index < -0.39 is 5.91 Å². The summed E-state index contributed by atoms with van der Waals surface area (Å²) in [6.45, 7) is 1.72. The highest BCUT2D eigenvalue weighted by molar-refractivity contribution is 6.04. The molecule has 0 saturated heterocycles. The van der Waals surface area contributed by atoms with E-state index in [9.17, 15) is 9.59 Å². The molecule has 7 heteroatoms. The molecule has 2 aromatic rings. The van der Waals surface area contributed by atoms with Gasteiger partial charge in [-0.25, -0.2) is 0 Å². The lowest BCUT2D eigenvalue weighted by Crippen LogP contribution is -2.22. The van der Waals surface area contributed by atoms with Crippen LogP contribution in [-0.2, 0) is 7.05 Å². The Morgan fingerprint density at radius 2 is 2.32 bits per heavy atom. The Kier molecular flexibility index (Phi) is 3.16. The quantitative estimate of drug-likeness (QED) is 0.819. The number of aromatic nitrogens is 3. The third kappa shape index (κ3) is 2.52. The summed E-state index contributed by atoms with van der Waals surface area (Å²) in [5.41, 5.74) is 0.486. The van der Waals surface area contributed by atoms with E-state index in [1.807, 2.05) is 6.07 Å². The molecule has 7 nitrogen and oxygen atoms in total. The van der Waals surface area contributed by atoms with E-state index in [1.54, 1.807) is 14.0 Å². The van der Waals surface area contributed by atoms with E-state index in [4.69, 9.17) is 5.26 Å². The van der Waals surface area contributed by atoms with Gasteiger partial charge < -0.3 is 10.3 Å². The summed E-state index contributed by atoms with van der Waals surface area (Å²) in [6, 6.07) is 3.24. The number of carbonyl (C=O) groups is 1. The summed E-state index contributed by atoms with van der Waals surface area (Å²) < 4.78 is 1.41. The van der Waals surface area contributed by atoms with Crippen LogP contribution in [0.3, 0.4) is 0 Å². The SMILES string of the molecule is Cc1cc(=O)c(C(=O)Nc2nn(C)cc2C#N)c[nH]1. The summed E-state index contributed by atoms with van der Waals surface area (Å²) in [5, 5.41) is 15.3. The molecular formula is C12H11N5O2. The molecule has 2 N–H and O–H groups in total. The molecule has 96 valence electrons. The van der Waals surface area contributed by atoms with Gasteiger partial charge in [0.05, 0.1) is 0 Å². The van der Waals surface area contributed by atoms with E-state index in [0.29, 0.717) is 5.69 Å². The monoisotopic (exact) mass is 257 g/mol. The maximum atomic E-state index is 11.9. The molecule has 2 heterocycles. The zero-order valence-electron chi connectivity index (χ0n) is 10.4. The number of nitrogens with one attached hydrogen (secondary N) is 2. The van der Waals surface area contributed by atoms with Crippen LogP contribution in [0.25, 0.3) is 0 Å². The molecule has 0 aliphatic carbocycles. The van der Waals surface area contributed by atoms with Crippen molar-refractivity contribution >= 4 is 11.7 Å². The molecule has 19 heavy (non-hydrogen) atoms. The van der Waals surface area contributed by atoms with Crippen molar-refractivity contribution in [1.29, 1.82) is 5.26 Å². The maximum Gasteiger partial charge on any atom is 0.262 e. The lowest BCUT2D eigenvalue weighted by atomic mass is 10.2. The number of nitrogens with zero attached hydrogens (tertiary/aromatic N) is 3. The first-order chi connectivity index (χ1) is 9.01. The van der Waals surface area contributed by atoms with Crippen LogP contribution in [0, 0.1) is 18.3 Å². The van der Waals surface area contributed by atoms with Crippen LogP contribution >= 0.6 is 0 Å². The number of hydrogen-bond acceptors (Lipinski definition) is 4. The lowest BCUT2D eigenvalue weighted by Gasteiger charge is -2.02. The highest BCUT2D eigenvalue weighted by Crippen LogP contribution is 2.11. The molecule has 2 aromatic heterocycles. The maximum absolute atomic E-state index is 11.9. The van der Waals surface area contributed by atoms with Gasteiger partial charge in [-0.15, -0.1) is 0 Å². The highest BCUT2D eigenvalue weighted by Gasteiger charge is 2.14. The average molecular weight is 257 g/mol. The molecule has 0 aromatic carbocycles. The molecular weight excluding hydrogens is 246 g/mol. The highest BCUT2D eigenvalue weighted by atomic mass is 16.2. The zero-order chi connectivity index (χ0) is 14.0. The molecule has 0 aliphatic rings. The van der Waals surface area contributed by atoms with Crippen LogP contribution in [-0.4, -0.2) is 20.7 Å². The van der Waals surface area contributed by atoms with Crippen LogP contribution in [0.5, 0.6) is 0 Å². The molecule has 0 bridgehead atoms. The smallest absolute Gasteiger partial charge is 0.262 e. The van der Waals surface area contributed by atoms with Gasteiger partial charge in [-0.1, -0.05) is 0 Å². The Morgan fingerprint density at radius 1 is 1.58 bits per heavy atom. The largest absolute Gasteiger partial charge is 0.364 e. The Labute approximate surface area is 108 Å². The fourth-order valence-corrected chi connectivity index (χ4v) is 1.59. The van der Waals surface area contributed by atoms with E-state index in [2.05, 4.69) is 15.4 Å². The van der Waals surface area contributed by atoms with E-state index >= 15 is 0 Å². The number of rotatable bonds is 2. The van der Waals surface area contributed by atoms with Crippen LogP contribution in [0.4, 0.5) is 5.82 Å². The Morgan fingerprint density at radius 3 is 2.95 bits per heavy atom. The summed E-state index contributed by atoms with van der Waals surface area (Å²) in [5.74, 6) is -0.466. The van der Waals surface area contributed by atoms with E-state index in [1.165, 1.54) is 23.1 Å². The normalized spacial score (nSPS) is 9.95. The molecule has 0 radical (unpaired) electrons. The lowest BCUT2D eigenvalue weighted by molar-refractivity contribution is 0.102. The Balaban J connectivity index is 2.31. The van der Waals surface area contributed by atoms with Crippen LogP contribution in [0.1, 0.15) is 21.6 Å². The van der Waals surface area contributed by atoms with Crippen molar-refractivity contribution in [3.05, 3.63) is 45.5 Å². The predicted octanol–water partition coefficient (Wildman–Crippen LogP) is 0.541. The van der Waals surface area contributed by atoms with Crippen LogP contribution in [0.2, 0.25) is 0 Å². The summed E-state index contributed by atoms with van der Waals surface area (Å²) in [6.07, 6.45) is 2.82. The number of carbonyl (C=O) groups excluding carboxylic acids is 1. The van der Waals surface area contributed by atoms with Gasteiger partial charge in [-0.05, 0) is 6.92 Å². The summed E-state index contributed by atoms with van der Waals surface area (Å²) in [4.78, 5) is 26.4. The number of aryl methyl sites for hydroxylation is 2. The second-order valence-electron chi connectivity index (χ2n) is 4.02. The minimum Gasteiger partial charge on any atom is -0.364 e. The van der Waals surface area contributed by atoms with Crippen molar-refractivity contribution < 1.29 is 4.79 Å². The standard InChI is InChI=1S/C12H11N5O2/c1-7-3-10(18)9(5-14-7)12(19)15-11-8(4-13)6-17(2)16-11/h3,5-6H,1-2H3,(H,14,18)(H,15,16,19). The number of anilines is 1. The molecule has 0 fully saturated rings. The molecule has 0 unspecified atom stereocenters. The van der Waals surface area contributed by atoms with Gasteiger partial charge in [0.1, 0.15) is 17.2 Å². The van der Waals surface area contributed by atoms with Gasteiger partial charge in [0.15, 0.2) is 11.2 Å². The number of H-pyrrole nitrogens is 1. The van der Waals surface area contributed by atoms with Crippen molar-refractivity contribution in [1.82, 2.24) is 14.8 Å². The second-order valence-corrected chi connectivity index (χ2v) is 4.02. The van der Waals surface area contributed by atoms with Gasteiger partial charge in [-0.3, -0.25) is 14.3 Å². The van der Waals surface area contributed by atoms with Gasteiger partial charge in [-0.2, -0.15) is 10.4 Å². The van der Waals surface area contributed by atoms with Crippen molar-refractivity contribution in [2.45, 2.75) is 6.92 Å². The number of nitriles is 1. The van der Waals surface area contributed by atoms with Crippen molar-refractivity contribution in [3.63, 3.8) is 0 Å². The molecule has 0 atom stereocenters. The molecule has 2 rings (SSSR count). The minimum absolute atomic E-state index is 0.0276. The van der Waals surface area contributed by atoms with Crippen LogP contribution in [0.15, 0.2) is 23.3 Å². The van der Waals surface area contributed by atoms with Gasteiger partial charge in [0.2, 0.25) is 0 Å². The number of amides is 1. The van der Waals surface area contributed by atoms with Crippen molar-refractivity contribution in [2.24, 2.45) is 7.05 Å². The van der Waals surface area contributed by atoms with Gasteiger partial charge in [0, 0.05) is 31.2 Å². The first kappa shape index (κ1) is 12.6. The van der Waals surface area contributed by atoms with Crippen LogP contribution < -0.4 is 10.7 Å². The zero-order valence-corrected chi connectivity index (χ0v) is 10.4.